The molecule has 0 spiro atoms. The molecule has 2 rings (SSSR count). The monoisotopic (exact) mass is 329 g/mol. The molecule has 0 saturated carbocycles. The second kappa shape index (κ2) is 7.98. The fraction of sp³-hybridized carbons (Fsp3) is 0.176. The van der Waals surface area contributed by atoms with Crippen LogP contribution in [-0.4, -0.2) is 34.8 Å². The quantitative estimate of drug-likeness (QED) is 0.559. The van der Waals surface area contributed by atoms with E-state index in [1.165, 1.54) is 6.07 Å². The smallest absolute Gasteiger partial charge is 0.312 e. The Morgan fingerprint density at radius 2 is 1.83 bits per heavy atom. The summed E-state index contributed by atoms with van der Waals surface area (Å²) in [6.07, 6.45) is 0. The first kappa shape index (κ1) is 17.3. The molecule has 7 heteroatoms. The second-order valence-electron chi connectivity index (χ2n) is 5.24. The van der Waals surface area contributed by atoms with Gasteiger partial charge in [0.2, 0.25) is 0 Å². The number of para-hydroxylation sites is 1. The molecule has 0 saturated heterocycles. The van der Waals surface area contributed by atoms with Gasteiger partial charge in [0.15, 0.2) is 0 Å². The highest BCUT2D eigenvalue weighted by Crippen LogP contribution is 2.22. The van der Waals surface area contributed by atoms with Gasteiger partial charge in [-0.1, -0.05) is 24.3 Å². The molecule has 126 valence electrons. The molecule has 0 aromatic heterocycles. The molecular weight excluding hydrogens is 310 g/mol. The van der Waals surface area contributed by atoms with Gasteiger partial charge in [-0.15, -0.1) is 0 Å². The Labute approximate surface area is 139 Å². The zero-order valence-corrected chi connectivity index (χ0v) is 13.2. The summed E-state index contributed by atoms with van der Waals surface area (Å²) in [5.41, 5.74) is 5.26. The second-order valence-corrected chi connectivity index (χ2v) is 5.24. The molecule has 0 aliphatic rings. The van der Waals surface area contributed by atoms with Crippen LogP contribution in [0.1, 0.15) is 17.3 Å². The average Bonchev–Trinajstić information content (AvgIpc) is 2.54. The summed E-state index contributed by atoms with van der Waals surface area (Å²) in [7, 11) is 0. The first-order valence-corrected chi connectivity index (χ1v) is 7.35. The van der Waals surface area contributed by atoms with E-state index < -0.39 is 18.0 Å². The zero-order valence-electron chi connectivity index (χ0n) is 13.2. The highest BCUT2D eigenvalue weighted by atomic mass is 16.5. The van der Waals surface area contributed by atoms with Crippen molar-refractivity contribution < 1.29 is 19.5 Å². The Kier molecular flexibility index (Phi) is 5.75. The van der Waals surface area contributed by atoms with Crippen LogP contribution < -0.4 is 15.8 Å². The maximum absolute atomic E-state index is 12.2. The molecule has 0 aliphatic heterocycles. The molecule has 0 aliphatic carbocycles. The zero-order chi connectivity index (χ0) is 17.5. The van der Waals surface area contributed by atoms with E-state index in [-0.39, 0.29) is 12.1 Å². The third kappa shape index (κ3) is 4.99. The predicted octanol–water partition coefficient (Wildman–Crippen LogP) is 2.37. The largest absolute Gasteiger partial charge is 0.457 e. The van der Waals surface area contributed by atoms with Crippen LogP contribution in [0.3, 0.4) is 0 Å². The van der Waals surface area contributed by atoms with Crippen molar-refractivity contribution in [2.45, 2.75) is 13.0 Å². The predicted molar refractivity (Wildman–Crippen MR) is 88.0 cm³/mol. The van der Waals surface area contributed by atoms with E-state index in [0.29, 0.717) is 16.6 Å². The number of nitrogens with one attached hydrogen (secondary N) is 1. The van der Waals surface area contributed by atoms with Crippen molar-refractivity contribution >= 4 is 11.9 Å². The van der Waals surface area contributed by atoms with Gasteiger partial charge in [0, 0.05) is 11.6 Å². The number of carbonyl (C=O) groups is 2. The van der Waals surface area contributed by atoms with E-state index >= 15 is 0 Å². The van der Waals surface area contributed by atoms with Crippen LogP contribution >= 0.6 is 0 Å². The molecule has 0 heterocycles. The molecule has 4 N–H and O–H groups in total. The van der Waals surface area contributed by atoms with Crippen molar-refractivity contribution in [1.82, 2.24) is 10.4 Å². The van der Waals surface area contributed by atoms with Crippen LogP contribution in [0.15, 0.2) is 54.6 Å². The number of hydrogen-bond acceptors (Lipinski definition) is 4. The first-order valence-electron chi connectivity index (χ1n) is 7.35. The van der Waals surface area contributed by atoms with Crippen molar-refractivity contribution in [3.8, 4) is 11.5 Å². The molecule has 0 radical (unpaired) electrons. The van der Waals surface area contributed by atoms with Gasteiger partial charge in [-0.2, -0.15) is 0 Å². The third-order valence-corrected chi connectivity index (χ3v) is 3.13. The number of hydroxylamine groups is 2. The summed E-state index contributed by atoms with van der Waals surface area (Å²) in [6.45, 7) is 1.53. The van der Waals surface area contributed by atoms with Crippen LogP contribution in [0.4, 0.5) is 4.79 Å². The molecule has 0 fully saturated rings. The van der Waals surface area contributed by atoms with E-state index in [1.807, 2.05) is 18.2 Å². The molecule has 0 bridgehead atoms. The highest BCUT2D eigenvalue weighted by Gasteiger charge is 2.17. The maximum atomic E-state index is 12.2. The van der Waals surface area contributed by atoms with Crippen LogP contribution in [0.25, 0.3) is 0 Å². The Bertz CT molecular complexity index is 706. The minimum Gasteiger partial charge on any atom is -0.457 e. The summed E-state index contributed by atoms with van der Waals surface area (Å²) < 4.78 is 5.66. The molecule has 2 aromatic carbocycles. The van der Waals surface area contributed by atoms with Gasteiger partial charge in [0.05, 0.1) is 6.54 Å². The van der Waals surface area contributed by atoms with E-state index in [0.717, 1.165) is 0 Å². The van der Waals surface area contributed by atoms with Crippen LogP contribution in [0.2, 0.25) is 0 Å². The number of amides is 3. The molecular formula is C17H19N3O4. The minimum atomic E-state index is -0.721. The lowest BCUT2D eigenvalue weighted by Crippen LogP contribution is -2.44. The molecule has 7 nitrogen and oxygen atoms in total. The van der Waals surface area contributed by atoms with Gasteiger partial charge in [0.25, 0.3) is 5.91 Å². The summed E-state index contributed by atoms with van der Waals surface area (Å²) >= 11 is 0. The van der Waals surface area contributed by atoms with Crippen molar-refractivity contribution in [2.75, 3.05) is 6.54 Å². The van der Waals surface area contributed by atoms with E-state index in [1.54, 1.807) is 37.3 Å². The first-order chi connectivity index (χ1) is 11.5. The van der Waals surface area contributed by atoms with E-state index in [4.69, 9.17) is 10.5 Å². The number of benzene rings is 2. The normalized spacial score (nSPS) is 11.4. The van der Waals surface area contributed by atoms with Crippen molar-refractivity contribution in [3.05, 3.63) is 60.2 Å². The van der Waals surface area contributed by atoms with Gasteiger partial charge in [-0.25, -0.2) is 9.86 Å². The number of nitrogens with zero attached hydrogens (tertiary/aromatic N) is 1. The number of hydrogen-bond donors (Lipinski definition) is 3. The number of nitrogens with two attached hydrogens (primary N) is 1. The van der Waals surface area contributed by atoms with Crippen molar-refractivity contribution in [2.24, 2.45) is 5.73 Å². The van der Waals surface area contributed by atoms with Gasteiger partial charge < -0.3 is 15.8 Å². The summed E-state index contributed by atoms with van der Waals surface area (Å²) in [6, 6.07) is 14.4. The Morgan fingerprint density at radius 1 is 1.17 bits per heavy atom. The standard InChI is InChI=1S/C17H19N3O4/c1-12(19-17(18)22)11-20(23)16(21)13-6-5-9-15(10-13)24-14-7-3-2-4-8-14/h2-10,12,23H,11H2,1H3,(H3,18,19,22). The summed E-state index contributed by atoms with van der Waals surface area (Å²) in [4.78, 5) is 23.0. The van der Waals surface area contributed by atoms with Gasteiger partial charge in [-0.05, 0) is 37.3 Å². The number of primary amides is 1. The number of ether oxygens (including phenoxy) is 1. The Morgan fingerprint density at radius 3 is 2.50 bits per heavy atom. The van der Waals surface area contributed by atoms with Gasteiger partial charge in [-0.3, -0.25) is 10.0 Å². The SMILES string of the molecule is CC(CN(O)C(=O)c1cccc(Oc2ccccc2)c1)NC(N)=O. The lowest BCUT2D eigenvalue weighted by Gasteiger charge is -2.20. The summed E-state index contributed by atoms with van der Waals surface area (Å²) in [5.74, 6) is 0.512. The molecule has 1 unspecified atom stereocenters. The fourth-order valence-corrected chi connectivity index (χ4v) is 2.10. The maximum Gasteiger partial charge on any atom is 0.312 e. The number of urea groups is 1. The van der Waals surface area contributed by atoms with Crippen LogP contribution in [0.5, 0.6) is 11.5 Å². The molecule has 3 amide bonds. The molecule has 1 atom stereocenters. The lowest BCUT2D eigenvalue weighted by molar-refractivity contribution is -0.0616. The average molecular weight is 329 g/mol. The van der Waals surface area contributed by atoms with Crippen LogP contribution in [-0.2, 0) is 0 Å². The van der Waals surface area contributed by atoms with Gasteiger partial charge >= 0.3 is 6.03 Å². The Balaban J connectivity index is 2.04. The topological polar surface area (TPSA) is 105 Å². The summed E-state index contributed by atoms with van der Waals surface area (Å²) in [5, 5.41) is 12.8. The van der Waals surface area contributed by atoms with Crippen molar-refractivity contribution in [3.63, 3.8) is 0 Å². The minimum absolute atomic E-state index is 0.0917. The van der Waals surface area contributed by atoms with Gasteiger partial charge in [0.1, 0.15) is 11.5 Å². The Hall–Kier alpha value is -3.06. The molecule has 24 heavy (non-hydrogen) atoms. The fourth-order valence-electron chi connectivity index (χ4n) is 2.10. The third-order valence-electron chi connectivity index (χ3n) is 3.13. The van der Waals surface area contributed by atoms with Crippen LogP contribution in [0, 0.1) is 0 Å². The lowest BCUT2D eigenvalue weighted by atomic mass is 10.2. The van der Waals surface area contributed by atoms with E-state index in [9.17, 15) is 14.8 Å². The number of carbonyl (C=O) groups excluding carboxylic acids is 2. The molecule has 2 aromatic rings. The van der Waals surface area contributed by atoms with Crippen molar-refractivity contribution in [1.29, 1.82) is 0 Å². The highest BCUT2D eigenvalue weighted by molar-refractivity contribution is 5.93. The number of rotatable bonds is 6. The van der Waals surface area contributed by atoms with E-state index in [2.05, 4.69) is 5.32 Å².